The molecule has 0 spiro atoms. The molecule has 1 amide bonds. The zero-order chi connectivity index (χ0) is 19.4. The van der Waals surface area contributed by atoms with E-state index < -0.39 is 11.7 Å². The molecule has 1 aromatic carbocycles. The largest absolute Gasteiger partial charge is 0.417 e. The summed E-state index contributed by atoms with van der Waals surface area (Å²) in [6.07, 6.45) is -3.09. The van der Waals surface area contributed by atoms with Gasteiger partial charge in [0.05, 0.1) is 10.4 Å². The van der Waals surface area contributed by atoms with Gasteiger partial charge in [0.1, 0.15) is 11.6 Å². The molecule has 2 N–H and O–H groups in total. The molecule has 142 valence electrons. The maximum Gasteiger partial charge on any atom is 0.417 e. The summed E-state index contributed by atoms with van der Waals surface area (Å²) in [6.45, 7) is 0.795. The van der Waals surface area contributed by atoms with Gasteiger partial charge in [-0.05, 0) is 36.8 Å². The minimum atomic E-state index is -4.41. The van der Waals surface area contributed by atoms with Crippen LogP contribution in [-0.2, 0) is 6.18 Å². The molecule has 9 heteroatoms. The van der Waals surface area contributed by atoms with Gasteiger partial charge in [-0.25, -0.2) is 9.37 Å². The summed E-state index contributed by atoms with van der Waals surface area (Å²) < 4.78 is 51.7. The summed E-state index contributed by atoms with van der Waals surface area (Å²) in [6, 6.07) is 8.43. The van der Waals surface area contributed by atoms with Gasteiger partial charge in [-0.2, -0.15) is 13.2 Å². The number of hydrogen-bond acceptors (Lipinski definition) is 4. The number of benzene rings is 1. The number of aromatic nitrogens is 1. The van der Waals surface area contributed by atoms with Gasteiger partial charge in [-0.15, -0.1) is 11.3 Å². The number of carbonyl (C=O) groups excluding carboxylic acids is 1. The first-order valence-electron chi connectivity index (χ1n) is 8.08. The molecule has 0 saturated heterocycles. The van der Waals surface area contributed by atoms with Gasteiger partial charge < -0.3 is 10.6 Å². The predicted molar refractivity (Wildman–Crippen MR) is 96.5 cm³/mol. The molecule has 0 fully saturated rings. The molecule has 0 aliphatic heterocycles. The van der Waals surface area contributed by atoms with Crippen molar-refractivity contribution in [2.24, 2.45) is 0 Å². The van der Waals surface area contributed by atoms with E-state index in [0.29, 0.717) is 40.3 Å². The van der Waals surface area contributed by atoms with Crippen molar-refractivity contribution in [3.63, 3.8) is 0 Å². The monoisotopic (exact) mass is 397 g/mol. The van der Waals surface area contributed by atoms with E-state index in [9.17, 15) is 22.4 Å². The molecule has 0 atom stereocenters. The zero-order valence-corrected chi connectivity index (χ0v) is 14.8. The first kappa shape index (κ1) is 19.1. The molecule has 0 saturated carbocycles. The van der Waals surface area contributed by atoms with Crippen LogP contribution in [0.5, 0.6) is 0 Å². The van der Waals surface area contributed by atoms with Gasteiger partial charge in [-0.3, -0.25) is 4.79 Å². The van der Waals surface area contributed by atoms with Crippen molar-refractivity contribution in [2.45, 2.75) is 12.6 Å². The number of carbonyl (C=O) groups is 1. The number of hydrogen-bond donors (Lipinski definition) is 2. The van der Waals surface area contributed by atoms with Crippen molar-refractivity contribution in [3.05, 3.63) is 58.9 Å². The van der Waals surface area contributed by atoms with Gasteiger partial charge in [0.2, 0.25) is 0 Å². The Hall–Kier alpha value is -2.68. The Balaban J connectivity index is 1.44. The lowest BCUT2D eigenvalue weighted by molar-refractivity contribution is -0.137. The van der Waals surface area contributed by atoms with E-state index in [1.54, 1.807) is 12.1 Å². The summed E-state index contributed by atoms with van der Waals surface area (Å²) in [7, 11) is 0. The SMILES string of the molecule is O=C(NCCCNc1ccc(C(F)(F)F)cn1)c1cc2c(F)cccc2s1. The molecule has 4 nitrogen and oxygen atoms in total. The van der Waals surface area contributed by atoms with Gasteiger partial charge in [0, 0.05) is 29.4 Å². The van der Waals surface area contributed by atoms with E-state index in [4.69, 9.17) is 0 Å². The Labute approximate surface area is 156 Å². The maximum atomic E-state index is 13.7. The predicted octanol–water partition coefficient (Wildman–Crippen LogP) is 4.69. The molecule has 0 aliphatic carbocycles. The number of pyridine rings is 1. The number of rotatable bonds is 6. The van der Waals surface area contributed by atoms with Crippen molar-refractivity contribution in [1.29, 1.82) is 0 Å². The molecule has 0 aliphatic rings. The lowest BCUT2D eigenvalue weighted by atomic mass is 10.2. The Morgan fingerprint density at radius 1 is 1.15 bits per heavy atom. The van der Waals surface area contributed by atoms with Crippen molar-refractivity contribution < 1.29 is 22.4 Å². The summed E-state index contributed by atoms with van der Waals surface area (Å²) in [4.78, 5) is 16.3. The van der Waals surface area contributed by atoms with Gasteiger partial charge in [0.15, 0.2) is 0 Å². The highest BCUT2D eigenvalue weighted by molar-refractivity contribution is 7.20. The standard InChI is InChI=1S/C18H15F4N3OS/c19-13-3-1-4-14-12(13)9-15(27-14)17(26)24-8-2-7-23-16-6-5-11(10-25-16)18(20,21)22/h1,3-6,9-10H,2,7-8H2,(H,23,25)(H,24,26). The number of nitrogens with zero attached hydrogens (tertiary/aromatic N) is 1. The number of anilines is 1. The van der Waals surface area contributed by atoms with Crippen LogP contribution < -0.4 is 10.6 Å². The molecule has 0 radical (unpaired) electrons. The smallest absolute Gasteiger partial charge is 0.370 e. The molecule has 27 heavy (non-hydrogen) atoms. The first-order chi connectivity index (χ1) is 12.8. The first-order valence-corrected chi connectivity index (χ1v) is 8.89. The second kappa shape index (κ2) is 7.91. The molecule has 2 heterocycles. The molecular formula is C18H15F4N3OS. The van der Waals surface area contributed by atoms with Gasteiger partial charge >= 0.3 is 6.18 Å². The third-order valence-electron chi connectivity index (χ3n) is 3.77. The fourth-order valence-electron chi connectivity index (χ4n) is 2.40. The molecule has 2 aromatic heterocycles. The van der Waals surface area contributed by atoms with Crippen LogP contribution in [0.4, 0.5) is 23.4 Å². The van der Waals surface area contributed by atoms with Crippen LogP contribution in [0, 0.1) is 5.82 Å². The second-order valence-corrected chi connectivity index (χ2v) is 6.81. The van der Waals surface area contributed by atoms with E-state index in [2.05, 4.69) is 15.6 Å². The Morgan fingerprint density at radius 2 is 1.96 bits per heavy atom. The maximum absolute atomic E-state index is 13.7. The number of halogens is 4. The average Bonchev–Trinajstić information content (AvgIpc) is 3.07. The zero-order valence-electron chi connectivity index (χ0n) is 13.9. The van der Waals surface area contributed by atoms with Crippen LogP contribution in [0.1, 0.15) is 21.7 Å². The fraction of sp³-hybridized carbons (Fsp3) is 0.222. The summed E-state index contributed by atoms with van der Waals surface area (Å²) >= 11 is 1.21. The van der Waals surface area contributed by atoms with E-state index in [1.165, 1.54) is 29.5 Å². The Kier molecular flexibility index (Phi) is 5.59. The number of alkyl halides is 3. The third-order valence-corrected chi connectivity index (χ3v) is 4.87. The molecule has 0 unspecified atom stereocenters. The number of fused-ring (bicyclic) bond motifs is 1. The Bertz CT molecular complexity index is 938. The number of amides is 1. The summed E-state index contributed by atoms with van der Waals surface area (Å²) in [5.41, 5.74) is -0.805. The molecule has 3 rings (SSSR count). The molecular weight excluding hydrogens is 382 g/mol. The minimum Gasteiger partial charge on any atom is -0.370 e. The highest BCUT2D eigenvalue weighted by Crippen LogP contribution is 2.29. The van der Waals surface area contributed by atoms with E-state index in [0.717, 1.165) is 12.3 Å². The van der Waals surface area contributed by atoms with Crippen LogP contribution in [0.3, 0.4) is 0 Å². The summed E-state index contributed by atoms with van der Waals surface area (Å²) in [5, 5.41) is 6.04. The average molecular weight is 397 g/mol. The van der Waals surface area contributed by atoms with E-state index >= 15 is 0 Å². The fourth-order valence-corrected chi connectivity index (χ4v) is 3.39. The van der Waals surface area contributed by atoms with Crippen LogP contribution in [0.2, 0.25) is 0 Å². The number of nitrogens with one attached hydrogen (secondary N) is 2. The summed E-state index contributed by atoms with van der Waals surface area (Å²) in [5.74, 6) is -0.325. The lowest BCUT2D eigenvalue weighted by Gasteiger charge is -2.09. The van der Waals surface area contributed by atoms with Crippen molar-refractivity contribution in [3.8, 4) is 0 Å². The van der Waals surface area contributed by atoms with Crippen molar-refractivity contribution in [1.82, 2.24) is 10.3 Å². The van der Waals surface area contributed by atoms with E-state index in [-0.39, 0.29) is 11.7 Å². The quantitative estimate of drug-likeness (QED) is 0.469. The normalized spacial score (nSPS) is 11.6. The van der Waals surface area contributed by atoms with Crippen LogP contribution >= 0.6 is 11.3 Å². The number of thiophene rings is 1. The van der Waals surface area contributed by atoms with Crippen LogP contribution in [0.25, 0.3) is 10.1 Å². The van der Waals surface area contributed by atoms with E-state index in [1.807, 2.05) is 0 Å². The minimum absolute atomic E-state index is 0.289. The highest BCUT2D eigenvalue weighted by Gasteiger charge is 2.30. The van der Waals surface area contributed by atoms with Crippen LogP contribution in [-0.4, -0.2) is 24.0 Å². The highest BCUT2D eigenvalue weighted by atomic mass is 32.1. The van der Waals surface area contributed by atoms with Crippen molar-refractivity contribution >= 4 is 33.1 Å². The van der Waals surface area contributed by atoms with Gasteiger partial charge in [0.25, 0.3) is 5.91 Å². The van der Waals surface area contributed by atoms with Crippen molar-refractivity contribution in [2.75, 3.05) is 18.4 Å². The second-order valence-electron chi connectivity index (χ2n) is 5.73. The Morgan fingerprint density at radius 3 is 2.63 bits per heavy atom. The lowest BCUT2D eigenvalue weighted by Crippen LogP contribution is -2.25. The molecule has 3 aromatic rings. The van der Waals surface area contributed by atoms with Crippen LogP contribution in [0.15, 0.2) is 42.6 Å². The topological polar surface area (TPSA) is 54.0 Å². The molecule has 0 bridgehead atoms. The van der Waals surface area contributed by atoms with Gasteiger partial charge in [-0.1, -0.05) is 6.07 Å². The third kappa shape index (κ3) is 4.73.